The first-order chi connectivity index (χ1) is 8.28. The van der Waals surface area contributed by atoms with Gasteiger partial charge in [-0.2, -0.15) is 5.26 Å². The van der Waals surface area contributed by atoms with E-state index in [4.69, 9.17) is 5.26 Å². The second-order valence-electron chi connectivity index (χ2n) is 3.31. The molecule has 1 heterocycles. The smallest absolute Gasteiger partial charge is 0.123 e. The van der Waals surface area contributed by atoms with E-state index in [0.717, 1.165) is 21.3 Å². The van der Waals surface area contributed by atoms with Crippen LogP contribution >= 0.6 is 23.1 Å². The fraction of sp³-hybridized carbons (Fsp3) is 0.167. The molecular weight excluding hydrogens is 255 g/mol. The van der Waals surface area contributed by atoms with Crippen LogP contribution in [-0.4, -0.2) is 4.98 Å². The van der Waals surface area contributed by atoms with E-state index in [1.54, 1.807) is 35.2 Å². The molecule has 0 fully saturated rings. The molecule has 0 aliphatic heterocycles. The molecule has 2 aromatic rings. The topological polar surface area (TPSA) is 36.7 Å². The van der Waals surface area contributed by atoms with Crippen LogP contribution in [0.25, 0.3) is 0 Å². The fourth-order valence-corrected chi connectivity index (χ4v) is 2.96. The molecule has 0 amide bonds. The summed E-state index contributed by atoms with van der Waals surface area (Å²) in [4.78, 5) is 5.35. The maximum atomic E-state index is 12.7. The van der Waals surface area contributed by atoms with Crippen molar-refractivity contribution in [3.8, 4) is 6.07 Å². The molecule has 0 spiro atoms. The van der Waals surface area contributed by atoms with E-state index in [2.05, 4.69) is 11.1 Å². The first kappa shape index (κ1) is 12.1. The van der Waals surface area contributed by atoms with Gasteiger partial charge in [0.25, 0.3) is 0 Å². The molecule has 2 rings (SSSR count). The van der Waals surface area contributed by atoms with Gasteiger partial charge in [-0.3, -0.25) is 0 Å². The number of nitrogens with zero attached hydrogens (tertiary/aromatic N) is 2. The number of nitriles is 1. The maximum Gasteiger partial charge on any atom is 0.123 e. The monoisotopic (exact) mass is 264 g/mol. The number of hydrogen-bond donors (Lipinski definition) is 0. The first-order valence-corrected chi connectivity index (χ1v) is 6.83. The summed E-state index contributed by atoms with van der Waals surface area (Å²) in [7, 11) is 0. The van der Waals surface area contributed by atoms with Crippen molar-refractivity contribution in [3.05, 3.63) is 46.2 Å². The zero-order chi connectivity index (χ0) is 12.1. The SMILES string of the molecule is N#CCc1csc(CSc2ccc(F)cc2)n1. The van der Waals surface area contributed by atoms with Crippen molar-refractivity contribution in [2.24, 2.45) is 0 Å². The third-order valence-corrected chi connectivity index (χ3v) is 4.14. The lowest BCUT2D eigenvalue weighted by Crippen LogP contribution is -1.83. The predicted octanol–water partition coefficient (Wildman–Crippen LogP) is 3.64. The average molecular weight is 264 g/mol. The molecule has 0 N–H and O–H groups in total. The third-order valence-electron chi connectivity index (χ3n) is 2.04. The molecule has 0 bridgehead atoms. The number of thiazole rings is 1. The zero-order valence-corrected chi connectivity index (χ0v) is 10.5. The van der Waals surface area contributed by atoms with E-state index >= 15 is 0 Å². The van der Waals surface area contributed by atoms with Gasteiger partial charge in [0.15, 0.2) is 0 Å². The summed E-state index contributed by atoms with van der Waals surface area (Å²) >= 11 is 3.17. The molecule has 0 aliphatic carbocycles. The standard InChI is InChI=1S/C12H9FN2S2/c13-9-1-3-11(4-2-9)16-8-12-15-10(5-6-14)7-17-12/h1-4,7H,5,8H2. The van der Waals surface area contributed by atoms with Crippen molar-refractivity contribution in [1.29, 1.82) is 5.26 Å². The average Bonchev–Trinajstić information content (AvgIpc) is 2.77. The number of halogens is 1. The van der Waals surface area contributed by atoms with E-state index in [1.807, 2.05) is 5.38 Å². The van der Waals surface area contributed by atoms with Crippen LogP contribution in [0.4, 0.5) is 4.39 Å². The Labute approximate surface area is 107 Å². The van der Waals surface area contributed by atoms with Gasteiger partial charge < -0.3 is 0 Å². The van der Waals surface area contributed by atoms with Crippen LogP contribution < -0.4 is 0 Å². The molecule has 0 saturated carbocycles. The summed E-state index contributed by atoms with van der Waals surface area (Å²) in [5, 5.41) is 11.4. The van der Waals surface area contributed by atoms with Crippen LogP contribution in [-0.2, 0) is 12.2 Å². The zero-order valence-electron chi connectivity index (χ0n) is 8.89. The van der Waals surface area contributed by atoms with Crippen LogP contribution in [0.3, 0.4) is 0 Å². The Balaban J connectivity index is 1.93. The minimum Gasteiger partial charge on any atom is -0.244 e. The Bertz CT molecular complexity index is 528. The minimum absolute atomic E-state index is 0.222. The minimum atomic E-state index is -0.222. The highest BCUT2D eigenvalue weighted by Gasteiger charge is 2.02. The van der Waals surface area contributed by atoms with Crippen LogP contribution in [0, 0.1) is 17.1 Å². The normalized spacial score (nSPS) is 10.1. The number of thioether (sulfide) groups is 1. The third kappa shape index (κ3) is 3.55. The molecule has 1 aromatic heterocycles. The lowest BCUT2D eigenvalue weighted by atomic mass is 10.4. The van der Waals surface area contributed by atoms with Gasteiger partial charge in [0.1, 0.15) is 10.8 Å². The van der Waals surface area contributed by atoms with Crippen molar-refractivity contribution >= 4 is 23.1 Å². The van der Waals surface area contributed by atoms with Gasteiger partial charge in [-0.05, 0) is 24.3 Å². The highest BCUT2D eigenvalue weighted by molar-refractivity contribution is 7.98. The molecule has 17 heavy (non-hydrogen) atoms. The van der Waals surface area contributed by atoms with Crippen LogP contribution in [0.5, 0.6) is 0 Å². The number of benzene rings is 1. The number of rotatable bonds is 4. The van der Waals surface area contributed by atoms with Crippen LogP contribution in [0.2, 0.25) is 0 Å². The Morgan fingerprint density at radius 2 is 2.12 bits per heavy atom. The highest BCUT2D eigenvalue weighted by atomic mass is 32.2. The lowest BCUT2D eigenvalue weighted by molar-refractivity contribution is 0.626. The summed E-state index contributed by atoms with van der Waals surface area (Å²) in [6.45, 7) is 0. The molecule has 0 unspecified atom stereocenters. The summed E-state index contributed by atoms with van der Waals surface area (Å²) in [6, 6.07) is 8.48. The molecule has 0 radical (unpaired) electrons. The Kier molecular flexibility index (Phi) is 4.13. The Morgan fingerprint density at radius 1 is 1.35 bits per heavy atom. The largest absolute Gasteiger partial charge is 0.244 e. The van der Waals surface area contributed by atoms with Gasteiger partial charge in [-0.25, -0.2) is 9.37 Å². The van der Waals surface area contributed by atoms with Gasteiger partial charge in [0.2, 0.25) is 0 Å². The number of aromatic nitrogens is 1. The second kappa shape index (κ2) is 5.80. The van der Waals surface area contributed by atoms with Gasteiger partial charge in [-0.1, -0.05) is 0 Å². The molecule has 5 heteroatoms. The predicted molar refractivity (Wildman–Crippen MR) is 67.4 cm³/mol. The Hall–Kier alpha value is -1.38. The molecule has 1 aromatic carbocycles. The maximum absolute atomic E-state index is 12.7. The molecule has 86 valence electrons. The van der Waals surface area contributed by atoms with Gasteiger partial charge in [0, 0.05) is 10.3 Å². The molecule has 0 atom stereocenters. The van der Waals surface area contributed by atoms with Crippen molar-refractivity contribution in [1.82, 2.24) is 4.98 Å². The molecule has 0 aliphatic rings. The fourth-order valence-electron chi connectivity index (χ4n) is 1.25. The molecular formula is C12H9FN2S2. The number of hydrogen-bond acceptors (Lipinski definition) is 4. The van der Waals surface area contributed by atoms with Crippen molar-refractivity contribution in [2.45, 2.75) is 17.1 Å². The quantitative estimate of drug-likeness (QED) is 0.791. The Morgan fingerprint density at radius 3 is 2.82 bits per heavy atom. The van der Waals surface area contributed by atoms with Crippen molar-refractivity contribution < 1.29 is 4.39 Å². The van der Waals surface area contributed by atoms with Crippen molar-refractivity contribution in [3.63, 3.8) is 0 Å². The molecule has 2 nitrogen and oxygen atoms in total. The summed E-state index contributed by atoms with van der Waals surface area (Å²) in [5.41, 5.74) is 0.826. The summed E-state index contributed by atoms with van der Waals surface area (Å²) in [6.07, 6.45) is 0.359. The first-order valence-electron chi connectivity index (χ1n) is 4.96. The molecule has 0 saturated heterocycles. The summed E-state index contributed by atoms with van der Waals surface area (Å²) < 4.78 is 12.7. The van der Waals surface area contributed by atoms with Gasteiger partial charge in [-0.15, -0.1) is 23.1 Å². The van der Waals surface area contributed by atoms with Crippen molar-refractivity contribution in [2.75, 3.05) is 0 Å². The highest BCUT2D eigenvalue weighted by Crippen LogP contribution is 2.24. The van der Waals surface area contributed by atoms with E-state index in [9.17, 15) is 4.39 Å². The van der Waals surface area contributed by atoms with E-state index in [1.165, 1.54) is 12.1 Å². The second-order valence-corrected chi connectivity index (χ2v) is 5.30. The van der Waals surface area contributed by atoms with Gasteiger partial charge >= 0.3 is 0 Å². The van der Waals surface area contributed by atoms with E-state index in [0.29, 0.717) is 6.42 Å². The van der Waals surface area contributed by atoms with E-state index < -0.39 is 0 Å². The van der Waals surface area contributed by atoms with E-state index in [-0.39, 0.29) is 5.82 Å². The lowest BCUT2D eigenvalue weighted by Gasteiger charge is -1.98. The van der Waals surface area contributed by atoms with Gasteiger partial charge in [0.05, 0.1) is 23.9 Å². The van der Waals surface area contributed by atoms with Crippen LogP contribution in [0.1, 0.15) is 10.7 Å². The summed E-state index contributed by atoms with van der Waals surface area (Å²) in [5.74, 6) is 0.529. The van der Waals surface area contributed by atoms with Crippen LogP contribution in [0.15, 0.2) is 34.5 Å².